The SMILES string of the molecule is CC[C@@H]1C[C@]1(NC(=O)[C@@H]1C[C@@H](Oc2cc(-c3csc(NC(C)C)n3)nc3cc(OCC(OC)OC)ccc23)CN1C(=O)C(NC(=O)OC1CC2C[C@H]2C1)C(C)(C)C)C(=O)OC. The first kappa shape index (κ1) is 44.3. The first-order chi connectivity index (χ1) is 29.0. The largest absolute Gasteiger partial charge is 0.488 e. The second kappa shape index (κ2) is 17.9. The first-order valence-corrected chi connectivity index (χ1v) is 22.1. The third-order valence-corrected chi connectivity index (χ3v) is 13.1. The highest BCUT2D eigenvalue weighted by Crippen LogP contribution is 2.52. The van der Waals surface area contributed by atoms with Gasteiger partial charge in [0.15, 0.2) is 11.4 Å². The number of thiazole rings is 1. The number of nitrogens with zero attached hydrogens (tertiary/aromatic N) is 3. The number of rotatable bonds is 17. The normalized spacial score (nSPS) is 25.9. The fraction of sp³-hybridized carbons (Fsp3) is 0.636. The van der Waals surface area contributed by atoms with Gasteiger partial charge in [-0.2, -0.15) is 0 Å². The minimum Gasteiger partial charge on any atom is -0.488 e. The van der Waals surface area contributed by atoms with Gasteiger partial charge in [-0.3, -0.25) is 9.59 Å². The fourth-order valence-corrected chi connectivity index (χ4v) is 9.64. The number of esters is 1. The number of pyridine rings is 1. The Kier molecular flexibility index (Phi) is 13.0. The lowest BCUT2D eigenvalue weighted by molar-refractivity contribution is -0.148. The molecular formula is C44H60N6O10S. The van der Waals surface area contributed by atoms with E-state index in [1.54, 1.807) is 12.1 Å². The maximum Gasteiger partial charge on any atom is 0.408 e. The molecule has 3 amide bonds. The molecule has 4 aliphatic rings. The highest BCUT2D eigenvalue weighted by Gasteiger charge is 2.62. The lowest BCUT2D eigenvalue weighted by Gasteiger charge is -2.35. The number of alkyl carbamates (subject to hydrolysis) is 1. The van der Waals surface area contributed by atoms with Gasteiger partial charge in [0.05, 0.1) is 24.9 Å². The minimum absolute atomic E-state index is 0.0174. The molecule has 0 spiro atoms. The highest BCUT2D eigenvalue weighted by molar-refractivity contribution is 7.14. The van der Waals surface area contributed by atoms with Crippen LogP contribution in [0.4, 0.5) is 9.93 Å². The molecule has 3 aliphatic carbocycles. The van der Waals surface area contributed by atoms with Crippen LogP contribution in [0.15, 0.2) is 29.6 Å². The zero-order valence-corrected chi connectivity index (χ0v) is 37.4. The number of likely N-dealkylation sites (tertiary alicyclic amines) is 1. The fourth-order valence-electron chi connectivity index (χ4n) is 8.79. The molecule has 7 rings (SSSR count). The Bertz CT molecular complexity index is 2090. The number of hydrogen-bond donors (Lipinski definition) is 3. The van der Waals surface area contributed by atoms with E-state index in [1.807, 2.05) is 59.1 Å². The van der Waals surface area contributed by atoms with E-state index in [9.17, 15) is 19.2 Å². The maximum absolute atomic E-state index is 14.8. The van der Waals surface area contributed by atoms with Crippen molar-refractivity contribution in [2.75, 3.05) is 39.8 Å². The van der Waals surface area contributed by atoms with Gasteiger partial charge in [0.2, 0.25) is 11.8 Å². The van der Waals surface area contributed by atoms with Gasteiger partial charge in [-0.1, -0.05) is 34.1 Å². The molecule has 16 nitrogen and oxygen atoms in total. The molecule has 3 N–H and O–H groups in total. The lowest BCUT2D eigenvalue weighted by Crippen LogP contribution is -2.59. The second-order valence-corrected chi connectivity index (χ2v) is 19.0. The van der Waals surface area contributed by atoms with Crippen LogP contribution in [0.25, 0.3) is 22.3 Å². The number of ether oxygens (including phenoxy) is 6. The average Bonchev–Trinajstić information content (AvgIpc) is 3.88. The lowest BCUT2D eigenvalue weighted by atomic mass is 9.85. The quantitative estimate of drug-likeness (QED) is 0.107. The van der Waals surface area contributed by atoms with Gasteiger partial charge in [0, 0.05) is 49.6 Å². The van der Waals surface area contributed by atoms with Crippen LogP contribution in [-0.4, -0.2) is 115 Å². The van der Waals surface area contributed by atoms with E-state index in [0.29, 0.717) is 58.5 Å². The van der Waals surface area contributed by atoms with E-state index in [1.165, 1.54) is 44.0 Å². The first-order valence-electron chi connectivity index (χ1n) is 21.3. The van der Waals surface area contributed by atoms with Gasteiger partial charge in [0.1, 0.15) is 53.6 Å². The number of aromatic nitrogens is 2. The second-order valence-electron chi connectivity index (χ2n) is 18.2. The number of carbonyl (C=O) groups excluding carboxylic acids is 4. The summed E-state index contributed by atoms with van der Waals surface area (Å²) in [7, 11) is 4.37. The van der Waals surface area contributed by atoms with E-state index in [4.69, 9.17) is 38.4 Å². The average molecular weight is 865 g/mol. The topological polar surface area (TPSA) is 189 Å². The Morgan fingerprint density at radius 1 is 0.967 bits per heavy atom. The summed E-state index contributed by atoms with van der Waals surface area (Å²) >= 11 is 1.46. The molecule has 332 valence electrons. The molecular weight excluding hydrogens is 805 g/mol. The molecule has 3 aromatic rings. The predicted molar refractivity (Wildman–Crippen MR) is 228 cm³/mol. The van der Waals surface area contributed by atoms with Gasteiger partial charge in [-0.25, -0.2) is 19.6 Å². The Morgan fingerprint density at radius 3 is 2.34 bits per heavy atom. The number of benzene rings is 1. The van der Waals surface area contributed by atoms with Gasteiger partial charge in [-0.15, -0.1) is 11.3 Å². The highest BCUT2D eigenvalue weighted by atomic mass is 32.1. The number of anilines is 1. The van der Waals surface area contributed by atoms with Gasteiger partial charge in [-0.05, 0) is 74.8 Å². The molecule has 3 heterocycles. The van der Waals surface area contributed by atoms with E-state index in [2.05, 4.69) is 16.0 Å². The van der Waals surface area contributed by atoms with Crippen LogP contribution < -0.4 is 25.4 Å². The molecule has 61 heavy (non-hydrogen) atoms. The Morgan fingerprint density at radius 2 is 1.70 bits per heavy atom. The van der Waals surface area contributed by atoms with Crippen LogP contribution >= 0.6 is 11.3 Å². The van der Waals surface area contributed by atoms with Crippen LogP contribution in [0.3, 0.4) is 0 Å². The van der Waals surface area contributed by atoms with E-state index < -0.39 is 59.3 Å². The Balaban J connectivity index is 1.20. The summed E-state index contributed by atoms with van der Waals surface area (Å²) < 4.78 is 34.4. The minimum atomic E-state index is -1.18. The molecule has 1 aromatic carbocycles. The van der Waals surface area contributed by atoms with Crippen LogP contribution in [0.5, 0.6) is 11.5 Å². The number of carbonyl (C=O) groups is 4. The number of amides is 3. The molecule has 4 fully saturated rings. The van der Waals surface area contributed by atoms with Crippen LogP contribution in [-0.2, 0) is 33.3 Å². The van der Waals surface area contributed by atoms with Crippen molar-refractivity contribution >= 4 is 51.2 Å². The van der Waals surface area contributed by atoms with Crippen molar-refractivity contribution < 1.29 is 47.6 Å². The summed E-state index contributed by atoms with van der Waals surface area (Å²) in [5.74, 6) is 0.638. The van der Waals surface area contributed by atoms with E-state index >= 15 is 0 Å². The van der Waals surface area contributed by atoms with Crippen molar-refractivity contribution in [1.29, 1.82) is 0 Å². The van der Waals surface area contributed by atoms with E-state index in [-0.39, 0.29) is 37.6 Å². The van der Waals surface area contributed by atoms with Gasteiger partial charge < -0.3 is 49.3 Å². The van der Waals surface area contributed by atoms with Crippen molar-refractivity contribution in [1.82, 2.24) is 25.5 Å². The Hall–Kier alpha value is -4.74. The molecule has 0 bridgehead atoms. The number of nitrogens with one attached hydrogen (secondary N) is 3. The van der Waals surface area contributed by atoms with E-state index in [0.717, 1.165) is 18.0 Å². The molecule has 1 saturated heterocycles. The smallest absolute Gasteiger partial charge is 0.408 e. The number of hydrogen-bond acceptors (Lipinski definition) is 14. The zero-order chi connectivity index (χ0) is 43.8. The predicted octanol–water partition coefficient (Wildman–Crippen LogP) is 5.92. The molecule has 3 saturated carbocycles. The third kappa shape index (κ3) is 9.83. The zero-order valence-electron chi connectivity index (χ0n) is 36.6. The summed E-state index contributed by atoms with van der Waals surface area (Å²) in [6.07, 6.45) is 1.96. The molecule has 8 atom stereocenters. The van der Waals surface area contributed by atoms with Crippen molar-refractivity contribution in [3.05, 3.63) is 29.6 Å². The van der Waals surface area contributed by atoms with Crippen molar-refractivity contribution in [3.8, 4) is 22.9 Å². The summed E-state index contributed by atoms with van der Waals surface area (Å²) in [5.41, 5.74) is -0.189. The third-order valence-electron chi connectivity index (χ3n) is 12.3. The Labute approximate surface area is 361 Å². The number of fused-ring (bicyclic) bond motifs is 2. The van der Waals surface area contributed by atoms with Crippen LogP contribution in [0, 0.1) is 23.2 Å². The van der Waals surface area contributed by atoms with Crippen LogP contribution in [0.2, 0.25) is 0 Å². The maximum atomic E-state index is 14.8. The monoisotopic (exact) mass is 864 g/mol. The van der Waals surface area contributed by atoms with Crippen molar-refractivity contribution in [2.24, 2.45) is 23.2 Å². The molecule has 1 aliphatic heterocycles. The van der Waals surface area contributed by atoms with Crippen molar-refractivity contribution in [3.63, 3.8) is 0 Å². The van der Waals surface area contributed by atoms with Crippen LogP contribution in [0.1, 0.15) is 80.1 Å². The summed E-state index contributed by atoms with van der Waals surface area (Å²) in [6, 6.07) is 5.36. The van der Waals surface area contributed by atoms with Gasteiger partial charge in [0.25, 0.3) is 0 Å². The van der Waals surface area contributed by atoms with Gasteiger partial charge >= 0.3 is 12.1 Å². The molecule has 17 heteroatoms. The summed E-state index contributed by atoms with van der Waals surface area (Å²) in [4.78, 5) is 66.9. The number of methoxy groups -OCH3 is 3. The molecule has 0 radical (unpaired) electrons. The summed E-state index contributed by atoms with van der Waals surface area (Å²) in [5, 5.41) is 12.5. The standard InChI is InChI=1S/C44H60N6O10S/c1-10-26-19-44(26,40(53)57-9)49-38(51)34-17-29(20-50(34)39(52)37(43(4,5)6)48-42(54)60-28-14-24-13-25(24)15-28)59-35-18-32(33-22-61-41(47-33)45-23(2)3)46-31-16-27(11-12-30(31)35)58-21-36(55-7)56-8/h11-12,16,18,22-26,28-29,34,36-37H,10,13-15,17,19-21H2,1-9H3,(H,45,47)(H,48,54)(H,49,51)/t24-,25?,26+,28?,29+,34-,37?,44+/m0/s1. The van der Waals surface area contributed by atoms with Crippen molar-refractivity contribution in [2.45, 2.75) is 122 Å². The summed E-state index contributed by atoms with van der Waals surface area (Å²) in [6.45, 7) is 11.8. The molecule has 2 aromatic heterocycles. The molecule has 3 unspecified atom stereocenters.